The van der Waals surface area contributed by atoms with Crippen molar-refractivity contribution in [2.45, 2.75) is 13.0 Å². The Morgan fingerprint density at radius 3 is 2.32 bits per heavy atom. The lowest BCUT2D eigenvalue weighted by Gasteiger charge is -2.31. The molecular weight excluding hydrogens is 436 g/mol. The van der Waals surface area contributed by atoms with E-state index in [-0.39, 0.29) is 11.3 Å². The van der Waals surface area contributed by atoms with E-state index in [2.05, 4.69) is 4.90 Å². The standard InChI is InChI=1S/C26H30N2O6/c1-17-4-6-18(7-5-17)24(29)22-23(19-8-9-20(32-2)21(16-19)33-3)28(26(31)25(22)30)11-10-27-12-14-34-15-13-27/h4-9,16,23,29H,10-15H2,1-3H3/b24-22+/t23-/m1/s1. The van der Waals surface area contributed by atoms with Crippen molar-refractivity contribution < 1.29 is 28.9 Å². The van der Waals surface area contributed by atoms with Crippen LogP contribution in [0.2, 0.25) is 0 Å². The highest BCUT2D eigenvalue weighted by atomic mass is 16.5. The topological polar surface area (TPSA) is 88.5 Å². The van der Waals surface area contributed by atoms with Gasteiger partial charge in [-0.3, -0.25) is 14.5 Å². The lowest BCUT2D eigenvalue weighted by atomic mass is 9.94. The Kier molecular flexibility index (Phi) is 7.19. The molecule has 4 rings (SSSR count). The number of likely N-dealkylation sites (tertiary alicyclic amines) is 1. The number of aryl methyl sites for hydroxylation is 1. The van der Waals surface area contributed by atoms with Crippen LogP contribution in [0.5, 0.6) is 11.5 Å². The second kappa shape index (κ2) is 10.3. The van der Waals surface area contributed by atoms with Crippen molar-refractivity contribution in [2.24, 2.45) is 0 Å². The maximum absolute atomic E-state index is 13.2. The summed E-state index contributed by atoms with van der Waals surface area (Å²) in [6, 6.07) is 11.7. The number of hydrogen-bond acceptors (Lipinski definition) is 7. The van der Waals surface area contributed by atoms with E-state index in [4.69, 9.17) is 14.2 Å². The average Bonchev–Trinajstić information content (AvgIpc) is 3.12. The van der Waals surface area contributed by atoms with E-state index < -0.39 is 17.7 Å². The molecule has 2 heterocycles. The molecule has 0 radical (unpaired) electrons. The minimum absolute atomic E-state index is 0.0723. The van der Waals surface area contributed by atoms with Crippen LogP contribution < -0.4 is 9.47 Å². The summed E-state index contributed by atoms with van der Waals surface area (Å²) in [5.74, 6) is -0.488. The number of carbonyl (C=O) groups is 2. The van der Waals surface area contributed by atoms with Crippen LogP contribution in [0.1, 0.15) is 22.7 Å². The number of benzene rings is 2. The predicted molar refractivity (Wildman–Crippen MR) is 127 cm³/mol. The Morgan fingerprint density at radius 1 is 1.00 bits per heavy atom. The van der Waals surface area contributed by atoms with Gasteiger partial charge in [-0.2, -0.15) is 0 Å². The third-order valence-corrected chi connectivity index (χ3v) is 6.35. The van der Waals surface area contributed by atoms with Gasteiger partial charge in [0, 0.05) is 31.7 Å². The molecule has 2 aliphatic heterocycles. The predicted octanol–water partition coefficient (Wildman–Crippen LogP) is 2.77. The maximum atomic E-state index is 13.2. The fraction of sp³-hybridized carbons (Fsp3) is 0.385. The van der Waals surface area contributed by atoms with Gasteiger partial charge in [0.2, 0.25) is 0 Å². The van der Waals surface area contributed by atoms with E-state index in [1.807, 2.05) is 19.1 Å². The third-order valence-electron chi connectivity index (χ3n) is 6.35. The van der Waals surface area contributed by atoms with Crippen LogP contribution in [-0.4, -0.2) is 80.2 Å². The summed E-state index contributed by atoms with van der Waals surface area (Å²) in [7, 11) is 3.08. The highest BCUT2D eigenvalue weighted by Crippen LogP contribution is 2.41. The fourth-order valence-electron chi connectivity index (χ4n) is 4.42. The first-order valence-electron chi connectivity index (χ1n) is 11.3. The minimum Gasteiger partial charge on any atom is -0.507 e. The molecule has 0 unspecified atom stereocenters. The smallest absolute Gasteiger partial charge is 0.295 e. The van der Waals surface area contributed by atoms with Crippen LogP contribution >= 0.6 is 0 Å². The Hall–Kier alpha value is -3.36. The molecule has 8 heteroatoms. The lowest BCUT2D eigenvalue weighted by molar-refractivity contribution is -0.140. The van der Waals surface area contributed by atoms with Crippen LogP contribution in [-0.2, 0) is 14.3 Å². The molecule has 0 aliphatic carbocycles. The third kappa shape index (κ3) is 4.64. The molecular formula is C26H30N2O6. The molecule has 0 bridgehead atoms. The molecule has 1 atom stereocenters. The first-order chi connectivity index (χ1) is 16.4. The van der Waals surface area contributed by atoms with Gasteiger partial charge in [-0.05, 0) is 24.6 Å². The molecule has 2 saturated heterocycles. The SMILES string of the molecule is COc1ccc([C@@H]2/C(=C(\O)c3ccc(C)cc3)C(=O)C(=O)N2CCN2CCOCC2)cc1OC. The van der Waals surface area contributed by atoms with E-state index in [1.54, 1.807) is 42.3 Å². The van der Waals surface area contributed by atoms with E-state index in [9.17, 15) is 14.7 Å². The van der Waals surface area contributed by atoms with Gasteiger partial charge in [0.15, 0.2) is 11.5 Å². The highest BCUT2D eigenvalue weighted by molar-refractivity contribution is 6.46. The molecule has 0 spiro atoms. The van der Waals surface area contributed by atoms with Gasteiger partial charge in [0.25, 0.3) is 11.7 Å². The number of aliphatic hydroxyl groups is 1. The molecule has 0 saturated carbocycles. The number of carbonyl (C=O) groups excluding carboxylic acids is 2. The van der Waals surface area contributed by atoms with Crippen molar-refractivity contribution in [3.8, 4) is 11.5 Å². The summed E-state index contributed by atoms with van der Waals surface area (Å²) in [4.78, 5) is 30.1. The van der Waals surface area contributed by atoms with Gasteiger partial charge in [0.05, 0.1) is 39.0 Å². The molecule has 180 valence electrons. The molecule has 1 amide bonds. The van der Waals surface area contributed by atoms with Crippen LogP contribution in [0.3, 0.4) is 0 Å². The Bertz CT molecular complexity index is 1090. The van der Waals surface area contributed by atoms with Crippen LogP contribution in [0, 0.1) is 6.92 Å². The highest BCUT2D eigenvalue weighted by Gasteiger charge is 2.46. The van der Waals surface area contributed by atoms with Crippen LogP contribution in [0.4, 0.5) is 0 Å². The normalized spacial score (nSPS) is 20.6. The van der Waals surface area contributed by atoms with Gasteiger partial charge in [-0.25, -0.2) is 0 Å². The van der Waals surface area contributed by atoms with E-state index in [0.717, 1.165) is 18.7 Å². The zero-order valence-electron chi connectivity index (χ0n) is 19.7. The zero-order valence-corrected chi connectivity index (χ0v) is 19.7. The monoisotopic (exact) mass is 466 g/mol. The minimum atomic E-state index is -0.748. The van der Waals surface area contributed by atoms with Gasteiger partial charge >= 0.3 is 0 Å². The van der Waals surface area contributed by atoms with Crippen molar-refractivity contribution in [3.05, 3.63) is 64.7 Å². The van der Waals surface area contributed by atoms with Crippen molar-refractivity contribution in [1.82, 2.24) is 9.80 Å². The van der Waals surface area contributed by atoms with E-state index in [1.165, 1.54) is 7.11 Å². The molecule has 0 aromatic heterocycles. The Labute approximate surface area is 199 Å². The van der Waals surface area contributed by atoms with Crippen LogP contribution in [0.15, 0.2) is 48.0 Å². The molecule has 2 fully saturated rings. The van der Waals surface area contributed by atoms with Gasteiger partial charge in [-0.1, -0.05) is 35.9 Å². The fourth-order valence-corrected chi connectivity index (χ4v) is 4.42. The number of morpholine rings is 1. The van der Waals surface area contributed by atoms with Crippen LogP contribution in [0.25, 0.3) is 5.76 Å². The number of ether oxygens (including phenoxy) is 3. The number of hydrogen-bond donors (Lipinski definition) is 1. The second-order valence-corrected chi connectivity index (χ2v) is 8.43. The first kappa shape index (κ1) is 23.8. The summed E-state index contributed by atoms with van der Waals surface area (Å²) in [5, 5.41) is 11.2. The molecule has 8 nitrogen and oxygen atoms in total. The largest absolute Gasteiger partial charge is 0.507 e. The number of aliphatic hydroxyl groups excluding tert-OH is 1. The summed E-state index contributed by atoms with van der Waals surface area (Å²) < 4.78 is 16.2. The quantitative estimate of drug-likeness (QED) is 0.381. The summed E-state index contributed by atoms with van der Waals surface area (Å²) in [5.41, 5.74) is 2.25. The van der Waals surface area contributed by atoms with E-state index >= 15 is 0 Å². The first-order valence-corrected chi connectivity index (χ1v) is 11.3. The maximum Gasteiger partial charge on any atom is 0.295 e. The van der Waals surface area contributed by atoms with Crippen molar-refractivity contribution in [3.63, 3.8) is 0 Å². The Morgan fingerprint density at radius 2 is 1.68 bits per heavy atom. The number of nitrogens with zero attached hydrogens (tertiary/aromatic N) is 2. The van der Waals surface area contributed by atoms with Gasteiger partial charge in [0.1, 0.15) is 5.76 Å². The molecule has 2 aliphatic rings. The van der Waals surface area contributed by atoms with Crippen molar-refractivity contribution in [1.29, 1.82) is 0 Å². The van der Waals surface area contributed by atoms with Gasteiger partial charge in [-0.15, -0.1) is 0 Å². The van der Waals surface area contributed by atoms with Crippen molar-refractivity contribution >= 4 is 17.4 Å². The Balaban J connectivity index is 1.77. The average molecular weight is 467 g/mol. The molecule has 2 aromatic carbocycles. The van der Waals surface area contributed by atoms with E-state index in [0.29, 0.717) is 48.9 Å². The zero-order chi connectivity index (χ0) is 24.2. The van der Waals surface area contributed by atoms with Gasteiger partial charge < -0.3 is 24.2 Å². The molecule has 34 heavy (non-hydrogen) atoms. The number of Topliss-reactive ketones (excluding diaryl/α,β-unsaturated/α-hetero) is 1. The number of rotatable bonds is 7. The van der Waals surface area contributed by atoms with Crippen molar-refractivity contribution in [2.75, 3.05) is 53.6 Å². The molecule has 2 aromatic rings. The summed E-state index contributed by atoms with van der Waals surface area (Å²) in [6.45, 7) is 5.72. The second-order valence-electron chi connectivity index (χ2n) is 8.43. The molecule has 1 N–H and O–H groups in total. The summed E-state index contributed by atoms with van der Waals surface area (Å²) in [6.07, 6.45) is 0. The number of ketones is 1. The lowest BCUT2D eigenvalue weighted by Crippen LogP contribution is -2.42. The number of amides is 1. The number of methoxy groups -OCH3 is 2. The summed E-state index contributed by atoms with van der Waals surface area (Å²) >= 11 is 0.